The van der Waals surface area contributed by atoms with Crippen molar-refractivity contribution in [3.8, 4) is 0 Å². The van der Waals surface area contributed by atoms with E-state index in [4.69, 9.17) is 5.73 Å². The van der Waals surface area contributed by atoms with Gasteiger partial charge in [-0.2, -0.15) is 0 Å². The molecule has 0 amide bonds. The lowest BCUT2D eigenvalue weighted by atomic mass is 10.3. The highest BCUT2D eigenvalue weighted by Gasteiger charge is 2.26. The van der Waals surface area contributed by atoms with Crippen molar-refractivity contribution >= 4 is 12.4 Å². The molecule has 2 nitrogen and oxygen atoms in total. The van der Waals surface area contributed by atoms with Crippen molar-refractivity contribution in [3.05, 3.63) is 0 Å². The largest absolute Gasteiger partial charge is 0.324 e. The predicted molar refractivity (Wildman–Crippen MR) is 37.6 cm³/mol. The fraction of sp³-hybridized carbons (Fsp3) is 1.00. The Labute approximate surface area is 60.6 Å². The van der Waals surface area contributed by atoms with Crippen LogP contribution in [0.2, 0.25) is 0 Å². The summed E-state index contributed by atoms with van der Waals surface area (Å²) in [5.74, 6) is 0. The molecule has 56 valence electrons. The number of hydrogen-bond acceptors (Lipinski definition) is 2. The maximum absolute atomic E-state index is 12.4. The van der Waals surface area contributed by atoms with Crippen LogP contribution < -0.4 is 5.73 Å². The summed E-state index contributed by atoms with van der Waals surface area (Å²) >= 11 is 0. The number of rotatable bonds is 0. The molecule has 0 saturated carbocycles. The second-order valence-corrected chi connectivity index (χ2v) is 2.40. The molecule has 0 aromatic carbocycles. The number of nitrogens with zero attached hydrogens (tertiary/aromatic N) is 1. The van der Waals surface area contributed by atoms with E-state index in [0.717, 1.165) is 0 Å². The molecule has 1 aliphatic rings. The van der Waals surface area contributed by atoms with Gasteiger partial charge in [0.2, 0.25) is 0 Å². The fourth-order valence-corrected chi connectivity index (χ4v) is 0.982. The van der Waals surface area contributed by atoms with Gasteiger partial charge in [0.15, 0.2) is 0 Å². The van der Waals surface area contributed by atoms with Crippen molar-refractivity contribution in [3.63, 3.8) is 0 Å². The van der Waals surface area contributed by atoms with Gasteiger partial charge in [0.25, 0.3) is 0 Å². The maximum atomic E-state index is 12.4. The molecule has 1 saturated heterocycles. The third-order valence-electron chi connectivity index (χ3n) is 1.47. The lowest BCUT2D eigenvalue weighted by molar-refractivity contribution is 0.309. The van der Waals surface area contributed by atoms with Crippen molar-refractivity contribution in [2.24, 2.45) is 5.73 Å². The molecule has 1 heterocycles. The zero-order valence-electron chi connectivity index (χ0n) is 5.38. The molecule has 0 radical (unpaired) electrons. The number of likely N-dealkylation sites (tertiary alicyclic amines) is 1. The van der Waals surface area contributed by atoms with Gasteiger partial charge in [-0.15, -0.1) is 12.4 Å². The van der Waals surface area contributed by atoms with Crippen LogP contribution in [0.3, 0.4) is 0 Å². The summed E-state index contributed by atoms with van der Waals surface area (Å²) in [5.41, 5.74) is 5.35. The van der Waals surface area contributed by atoms with Crippen LogP contribution in [0.25, 0.3) is 0 Å². The van der Waals surface area contributed by atoms with Crippen LogP contribution in [0.15, 0.2) is 0 Å². The molecular formula is C5H12ClFN2. The van der Waals surface area contributed by atoms with Gasteiger partial charge in [0.1, 0.15) is 6.17 Å². The van der Waals surface area contributed by atoms with E-state index in [9.17, 15) is 4.39 Å². The van der Waals surface area contributed by atoms with Gasteiger partial charge < -0.3 is 10.6 Å². The second kappa shape index (κ2) is 3.34. The molecule has 0 aliphatic carbocycles. The maximum Gasteiger partial charge on any atom is 0.129 e. The van der Waals surface area contributed by atoms with Gasteiger partial charge in [-0.3, -0.25) is 0 Å². The molecule has 1 aliphatic heterocycles. The SMILES string of the molecule is CN1CC(N)C(F)C1.Cl. The third kappa shape index (κ3) is 2.08. The monoisotopic (exact) mass is 154 g/mol. The first-order valence-corrected chi connectivity index (χ1v) is 2.78. The summed E-state index contributed by atoms with van der Waals surface area (Å²) in [7, 11) is 1.87. The van der Waals surface area contributed by atoms with Crippen LogP contribution in [0.4, 0.5) is 4.39 Å². The number of likely N-dealkylation sites (N-methyl/N-ethyl adjacent to an activating group) is 1. The Morgan fingerprint density at radius 1 is 1.56 bits per heavy atom. The van der Waals surface area contributed by atoms with Crippen molar-refractivity contribution < 1.29 is 4.39 Å². The van der Waals surface area contributed by atoms with Crippen LogP contribution in [-0.4, -0.2) is 37.3 Å². The summed E-state index contributed by atoms with van der Waals surface area (Å²) in [6, 6.07) is -0.250. The molecule has 9 heavy (non-hydrogen) atoms. The molecule has 1 rings (SSSR count). The summed E-state index contributed by atoms with van der Waals surface area (Å²) in [6.45, 7) is 1.20. The predicted octanol–water partition coefficient (Wildman–Crippen LogP) is 0.0190. The van der Waals surface area contributed by atoms with Crippen LogP contribution in [0.5, 0.6) is 0 Å². The average Bonchev–Trinajstić information content (AvgIpc) is 1.85. The first-order valence-electron chi connectivity index (χ1n) is 2.78. The van der Waals surface area contributed by atoms with E-state index in [2.05, 4.69) is 0 Å². The van der Waals surface area contributed by atoms with Crippen molar-refractivity contribution in [1.29, 1.82) is 0 Å². The molecule has 4 heteroatoms. The highest BCUT2D eigenvalue weighted by atomic mass is 35.5. The highest BCUT2D eigenvalue weighted by Crippen LogP contribution is 2.07. The first kappa shape index (κ1) is 9.14. The summed E-state index contributed by atoms with van der Waals surface area (Å²) in [4.78, 5) is 1.90. The van der Waals surface area contributed by atoms with Crippen molar-refractivity contribution in [1.82, 2.24) is 4.90 Å². The van der Waals surface area contributed by atoms with Gasteiger partial charge in [0, 0.05) is 19.1 Å². The average molecular weight is 155 g/mol. The highest BCUT2D eigenvalue weighted by molar-refractivity contribution is 5.85. The molecule has 0 aromatic rings. The normalized spacial score (nSPS) is 36.3. The van der Waals surface area contributed by atoms with Crippen LogP contribution in [0.1, 0.15) is 0 Å². The summed E-state index contributed by atoms with van der Waals surface area (Å²) in [6.07, 6.45) is -0.806. The minimum atomic E-state index is -0.806. The Balaban J connectivity index is 0.000000640. The van der Waals surface area contributed by atoms with Crippen LogP contribution in [0, 0.1) is 0 Å². The number of nitrogens with two attached hydrogens (primary N) is 1. The number of halogens is 2. The smallest absolute Gasteiger partial charge is 0.129 e. The lowest BCUT2D eigenvalue weighted by Crippen LogP contribution is -2.29. The topological polar surface area (TPSA) is 29.3 Å². The van der Waals surface area contributed by atoms with Crippen molar-refractivity contribution in [2.75, 3.05) is 20.1 Å². The number of hydrogen-bond donors (Lipinski definition) is 1. The van der Waals surface area contributed by atoms with Crippen LogP contribution >= 0.6 is 12.4 Å². The standard InChI is InChI=1S/C5H11FN2.ClH/c1-8-2-4(6)5(7)3-8;/h4-5H,2-3,7H2,1H3;1H. The Kier molecular flexibility index (Phi) is 3.40. The Hall–Kier alpha value is 0.140. The molecule has 1 fully saturated rings. The Bertz CT molecular complexity index is 81.0. The molecule has 2 atom stereocenters. The Morgan fingerprint density at radius 2 is 2.11 bits per heavy atom. The molecule has 0 spiro atoms. The van der Waals surface area contributed by atoms with E-state index < -0.39 is 6.17 Å². The quantitative estimate of drug-likeness (QED) is 0.533. The van der Waals surface area contributed by atoms with Crippen molar-refractivity contribution in [2.45, 2.75) is 12.2 Å². The number of alkyl halides is 1. The zero-order chi connectivity index (χ0) is 6.15. The van der Waals surface area contributed by atoms with E-state index in [-0.39, 0.29) is 18.4 Å². The van der Waals surface area contributed by atoms with E-state index in [1.165, 1.54) is 0 Å². The van der Waals surface area contributed by atoms with Gasteiger partial charge in [0.05, 0.1) is 0 Å². The molecule has 2 unspecified atom stereocenters. The Morgan fingerprint density at radius 3 is 2.22 bits per heavy atom. The van der Waals surface area contributed by atoms with E-state index >= 15 is 0 Å². The molecule has 0 aromatic heterocycles. The molecular weight excluding hydrogens is 143 g/mol. The van der Waals surface area contributed by atoms with Gasteiger partial charge in [-0.1, -0.05) is 0 Å². The molecule has 2 N–H and O–H groups in total. The van der Waals surface area contributed by atoms with Gasteiger partial charge in [-0.05, 0) is 7.05 Å². The minimum absolute atomic E-state index is 0. The fourth-order valence-electron chi connectivity index (χ4n) is 0.982. The third-order valence-corrected chi connectivity index (χ3v) is 1.47. The minimum Gasteiger partial charge on any atom is -0.324 e. The lowest BCUT2D eigenvalue weighted by Gasteiger charge is -2.02. The van der Waals surface area contributed by atoms with Gasteiger partial charge in [-0.25, -0.2) is 4.39 Å². The summed E-state index contributed by atoms with van der Waals surface area (Å²) < 4.78 is 12.4. The zero-order valence-corrected chi connectivity index (χ0v) is 6.20. The van der Waals surface area contributed by atoms with E-state index in [1.807, 2.05) is 11.9 Å². The van der Waals surface area contributed by atoms with Crippen LogP contribution in [-0.2, 0) is 0 Å². The van der Waals surface area contributed by atoms with E-state index in [1.54, 1.807) is 0 Å². The van der Waals surface area contributed by atoms with Gasteiger partial charge >= 0.3 is 0 Å². The summed E-state index contributed by atoms with van der Waals surface area (Å²) in [5, 5.41) is 0. The molecule has 0 bridgehead atoms. The first-order chi connectivity index (χ1) is 3.70. The van der Waals surface area contributed by atoms with E-state index in [0.29, 0.717) is 13.1 Å². The second-order valence-electron chi connectivity index (χ2n) is 2.40.